The molecule has 1 aliphatic rings. The first-order valence-corrected chi connectivity index (χ1v) is 18.7. The highest BCUT2D eigenvalue weighted by atomic mass is 127. The molecule has 2 amide bonds. The van der Waals surface area contributed by atoms with E-state index in [1.54, 1.807) is 30.2 Å². The Kier molecular flexibility index (Phi) is 18.3. The minimum atomic E-state index is -1.17. The van der Waals surface area contributed by atoms with Crippen molar-refractivity contribution in [2.45, 2.75) is 109 Å². The number of hydrogen-bond acceptors (Lipinski definition) is 8. The van der Waals surface area contributed by atoms with E-state index in [2.05, 4.69) is 34.8 Å². The molecule has 2 aromatic rings. The van der Waals surface area contributed by atoms with Gasteiger partial charge in [0.15, 0.2) is 11.5 Å². The van der Waals surface area contributed by atoms with Crippen LogP contribution in [0.4, 0.5) is 0 Å². The van der Waals surface area contributed by atoms with Crippen LogP contribution in [0.1, 0.15) is 88.7 Å². The van der Waals surface area contributed by atoms with Gasteiger partial charge >= 0.3 is 0 Å². The number of nitrogens with one attached hydrogen (secondary N) is 1. The fourth-order valence-electron chi connectivity index (χ4n) is 6.25. The molecular weight excluding hydrogens is 739 g/mol. The van der Waals surface area contributed by atoms with Gasteiger partial charge in [0.25, 0.3) is 0 Å². The summed E-state index contributed by atoms with van der Waals surface area (Å²) < 4.78 is 18.2. The van der Waals surface area contributed by atoms with Gasteiger partial charge in [-0.15, -0.1) is 0 Å². The molecule has 2 aromatic carbocycles. The van der Waals surface area contributed by atoms with Crippen LogP contribution in [0.2, 0.25) is 0 Å². The first-order valence-electron chi connectivity index (χ1n) is 17.6. The van der Waals surface area contributed by atoms with E-state index >= 15 is 0 Å². The summed E-state index contributed by atoms with van der Waals surface area (Å²) in [5.74, 6) is 0.971. The van der Waals surface area contributed by atoms with Crippen LogP contribution in [-0.4, -0.2) is 84.2 Å². The van der Waals surface area contributed by atoms with Gasteiger partial charge in [0.1, 0.15) is 18.0 Å². The summed E-state index contributed by atoms with van der Waals surface area (Å²) in [6.07, 6.45) is 10.6. The molecule has 10 nitrogen and oxygen atoms in total. The van der Waals surface area contributed by atoms with Gasteiger partial charge < -0.3 is 39.7 Å². The van der Waals surface area contributed by atoms with E-state index in [9.17, 15) is 24.9 Å². The number of rotatable bonds is 22. The fourth-order valence-corrected chi connectivity index (χ4v) is 7.04. The molecule has 0 saturated heterocycles. The Labute approximate surface area is 305 Å². The molecule has 49 heavy (non-hydrogen) atoms. The highest BCUT2D eigenvalue weighted by Gasteiger charge is 2.40. The average molecular weight is 795 g/mol. The van der Waals surface area contributed by atoms with Gasteiger partial charge in [-0.3, -0.25) is 9.59 Å². The van der Waals surface area contributed by atoms with E-state index in [1.165, 1.54) is 39.2 Å². The lowest BCUT2D eigenvalue weighted by atomic mass is 9.87. The minimum absolute atomic E-state index is 0.0678. The van der Waals surface area contributed by atoms with Crippen molar-refractivity contribution in [3.63, 3.8) is 0 Å². The molecule has 0 fully saturated rings. The lowest BCUT2D eigenvalue weighted by Crippen LogP contribution is -2.55. The number of aliphatic hydroxyl groups is 3. The summed E-state index contributed by atoms with van der Waals surface area (Å²) in [6.45, 7) is 2.19. The molecule has 272 valence electrons. The Morgan fingerprint density at radius 2 is 1.63 bits per heavy atom. The van der Waals surface area contributed by atoms with Crippen LogP contribution in [0.15, 0.2) is 48.0 Å². The highest BCUT2D eigenvalue weighted by Crippen LogP contribution is 2.37. The van der Waals surface area contributed by atoms with Crippen molar-refractivity contribution in [3.8, 4) is 17.2 Å². The van der Waals surface area contributed by atoms with Gasteiger partial charge in [-0.25, -0.2) is 0 Å². The van der Waals surface area contributed by atoms with Crippen LogP contribution in [0, 0.1) is 3.57 Å². The zero-order valence-corrected chi connectivity index (χ0v) is 31.5. The Bertz CT molecular complexity index is 1350. The Hall–Kier alpha value is -2.87. The molecule has 4 N–H and O–H groups in total. The van der Waals surface area contributed by atoms with Crippen molar-refractivity contribution in [1.29, 1.82) is 0 Å². The van der Waals surface area contributed by atoms with Gasteiger partial charge in [-0.05, 0) is 70.8 Å². The Balaban J connectivity index is 1.88. The normalized spacial score (nSPS) is 17.3. The summed E-state index contributed by atoms with van der Waals surface area (Å²) in [7, 11) is 3.11. The van der Waals surface area contributed by atoms with Crippen molar-refractivity contribution < 1.29 is 39.1 Å². The number of para-hydroxylation sites is 1. The van der Waals surface area contributed by atoms with Gasteiger partial charge in [-0.1, -0.05) is 76.5 Å². The SMILES string of the molecule is CCCCCCCCCCCC(=O)N(CCc1ccccc1OC)[C@@H]1CC(C(=O)NCCO)=C[C@H](Oc2c(I)cc(CO)cc2OC)[C@H]1O. The molecule has 0 unspecified atom stereocenters. The van der Waals surface area contributed by atoms with Gasteiger partial charge in [0.05, 0.1) is 37.0 Å². The third kappa shape index (κ3) is 12.4. The molecule has 0 aliphatic heterocycles. The van der Waals surface area contributed by atoms with Crippen LogP contribution in [0.5, 0.6) is 17.2 Å². The summed E-state index contributed by atoms with van der Waals surface area (Å²) in [5, 5.41) is 33.7. The third-order valence-electron chi connectivity index (χ3n) is 8.97. The molecule has 0 bridgehead atoms. The van der Waals surface area contributed by atoms with E-state index in [-0.39, 0.29) is 32.1 Å². The van der Waals surface area contributed by atoms with Crippen molar-refractivity contribution in [1.82, 2.24) is 10.2 Å². The average Bonchev–Trinajstić information content (AvgIpc) is 3.11. The first-order chi connectivity index (χ1) is 23.8. The number of carbonyl (C=O) groups excluding carboxylic acids is 2. The molecule has 0 saturated carbocycles. The number of unbranched alkanes of at least 4 members (excludes halogenated alkanes) is 8. The fraction of sp³-hybridized carbons (Fsp3) is 0.579. The molecular formula is C38H55IN2O8. The summed E-state index contributed by atoms with van der Waals surface area (Å²) in [6, 6.07) is 10.3. The van der Waals surface area contributed by atoms with Crippen molar-refractivity contribution in [3.05, 3.63) is 62.7 Å². The van der Waals surface area contributed by atoms with Crippen LogP contribution >= 0.6 is 22.6 Å². The van der Waals surface area contributed by atoms with Gasteiger partial charge in [0.2, 0.25) is 11.8 Å². The lowest BCUT2D eigenvalue weighted by Gasteiger charge is -2.41. The van der Waals surface area contributed by atoms with E-state index in [0.717, 1.165) is 37.0 Å². The largest absolute Gasteiger partial charge is 0.496 e. The van der Waals surface area contributed by atoms with Crippen molar-refractivity contribution >= 4 is 34.4 Å². The van der Waals surface area contributed by atoms with Crippen LogP contribution in [0.25, 0.3) is 0 Å². The highest BCUT2D eigenvalue weighted by molar-refractivity contribution is 14.1. The maximum absolute atomic E-state index is 14.1. The summed E-state index contributed by atoms with van der Waals surface area (Å²) >= 11 is 2.08. The monoisotopic (exact) mass is 794 g/mol. The maximum atomic E-state index is 14.1. The zero-order valence-electron chi connectivity index (χ0n) is 29.3. The second-order valence-corrected chi connectivity index (χ2v) is 13.7. The molecule has 3 rings (SSSR count). The lowest BCUT2D eigenvalue weighted by molar-refractivity contribution is -0.138. The second-order valence-electron chi connectivity index (χ2n) is 12.5. The first kappa shape index (κ1) is 40.6. The number of methoxy groups -OCH3 is 2. The van der Waals surface area contributed by atoms with E-state index in [0.29, 0.717) is 45.6 Å². The van der Waals surface area contributed by atoms with E-state index in [1.807, 2.05) is 24.3 Å². The van der Waals surface area contributed by atoms with Crippen molar-refractivity contribution in [2.75, 3.05) is 33.9 Å². The molecule has 0 heterocycles. The molecule has 1 aliphatic carbocycles. The number of carbonyl (C=O) groups is 2. The molecule has 0 radical (unpaired) electrons. The number of amides is 2. The minimum Gasteiger partial charge on any atom is -0.496 e. The van der Waals surface area contributed by atoms with Crippen LogP contribution in [-0.2, 0) is 22.6 Å². The summed E-state index contributed by atoms with van der Waals surface area (Å²) in [5.41, 5.74) is 1.93. The number of nitrogens with zero attached hydrogens (tertiary/aromatic N) is 1. The Morgan fingerprint density at radius 1 is 0.959 bits per heavy atom. The van der Waals surface area contributed by atoms with Crippen molar-refractivity contribution in [2.24, 2.45) is 0 Å². The van der Waals surface area contributed by atoms with E-state index < -0.39 is 24.2 Å². The number of halogens is 1. The molecule has 0 aromatic heterocycles. The number of ether oxygens (including phenoxy) is 3. The standard InChI is InChI=1S/C38H55IN2O8/c1-4-5-6-7-8-9-10-11-12-17-35(44)41(20-18-28-15-13-14-16-32(28)47-2)31-24-29(38(46)40-19-21-42)25-33(36(31)45)49-37-30(39)22-27(26-43)23-34(37)48-3/h13-16,22-23,25,31,33,36,42-43,45H,4-12,17-21,24,26H2,1-3H3,(H,40,46)/t31-,33+,36+/m1/s1. The zero-order chi connectivity index (χ0) is 35.6. The maximum Gasteiger partial charge on any atom is 0.247 e. The smallest absolute Gasteiger partial charge is 0.247 e. The van der Waals surface area contributed by atoms with Crippen LogP contribution < -0.4 is 19.5 Å². The van der Waals surface area contributed by atoms with Gasteiger partial charge in [-0.2, -0.15) is 0 Å². The predicted octanol–water partition coefficient (Wildman–Crippen LogP) is 5.71. The quantitative estimate of drug-likeness (QED) is 0.0880. The number of hydrogen-bond donors (Lipinski definition) is 4. The number of aliphatic hydroxyl groups excluding tert-OH is 3. The number of benzene rings is 2. The Morgan fingerprint density at radius 3 is 2.29 bits per heavy atom. The van der Waals surface area contributed by atoms with Gasteiger partial charge in [0, 0.05) is 31.5 Å². The molecule has 11 heteroatoms. The van der Waals surface area contributed by atoms with E-state index in [4.69, 9.17) is 14.2 Å². The molecule has 0 spiro atoms. The van der Waals surface area contributed by atoms with Crippen LogP contribution in [0.3, 0.4) is 0 Å². The molecule has 3 atom stereocenters. The third-order valence-corrected chi connectivity index (χ3v) is 9.77. The summed E-state index contributed by atoms with van der Waals surface area (Å²) in [4.78, 5) is 29.1. The second kappa shape index (κ2) is 22.1. The predicted molar refractivity (Wildman–Crippen MR) is 199 cm³/mol. The topological polar surface area (TPSA) is 138 Å².